The standard InChI is InChI=1S/C29H30N6O4/c36-27-4-2-11-34(27)23-13-20(16-30-18-23)26(15-28(37)38)35-25-8-7-24(14-21(25)17-32-35)39-12-9-22-6-5-19-3-1-10-31-29(19)33-22/h5-8,13-14,16-18,26H,1-4,9-12,15H2,(H,31,33)(H,37,38)/t26-/m1/s1. The molecule has 3 aromatic heterocycles. The number of carbonyl (C=O) groups is 2. The highest BCUT2D eigenvalue weighted by atomic mass is 16.5. The number of nitrogens with one attached hydrogen (secondary N) is 1. The number of aromatic nitrogens is 4. The number of ether oxygens (including phenoxy) is 1. The maximum absolute atomic E-state index is 12.3. The monoisotopic (exact) mass is 526 g/mol. The molecule has 4 aromatic rings. The first-order valence-corrected chi connectivity index (χ1v) is 13.3. The first-order valence-electron chi connectivity index (χ1n) is 13.3. The van der Waals surface area contributed by atoms with E-state index >= 15 is 0 Å². The van der Waals surface area contributed by atoms with Crippen LogP contribution in [0, 0.1) is 0 Å². The highest BCUT2D eigenvalue weighted by Gasteiger charge is 2.25. The van der Waals surface area contributed by atoms with Gasteiger partial charge in [0, 0.05) is 43.2 Å². The van der Waals surface area contributed by atoms with Crippen molar-refractivity contribution in [1.29, 1.82) is 0 Å². The Kier molecular flexibility index (Phi) is 6.83. The van der Waals surface area contributed by atoms with E-state index in [1.54, 1.807) is 28.2 Å². The first-order chi connectivity index (χ1) is 19.0. The first kappa shape index (κ1) is 24.8. The number of anilines is 2. The van der Waals surface area contributed by atoms with Crippen LogP contribution in [0.5, 0.6) is 5.75 Å². The molecule has 0 unspecified atom stereocenters. The fourth-order valence-electron chi connectivity index (χ4n) is 5.36. The molecule has 0 saturated carbocycles. The second-order valence-corrected chi connectivity index (χ2v) is 9.99. The van der Waals surface area contributed by atoms with Gasteiger partial charge in [-0.15, -0.1) is 0 Å². The Morgan fingerprint density at radius 1 is 1.10 bits per heavy atom. The van der Waals surface area contributed by atoms with Gasteiger partial charge in [0.05, 0.1) is 42.7 Å². The third-order valence-electron chi connectivity index (χ3n) is 7.32. The number of rotatable bonds is 9. The molecule has 10 nitrogen and oxygen atoms in total. The van der Waals surface area contributed by atoms with Gasteiger partial charge in [0.1, 0.15) is 11.6 Å². The van der Waals surface area contributed by atoms with Crippen molar-refractivity contribution in [3.63, 3.8) is 0 Å². The van der Waals surface area contributed by atoms with Crippen LogP contribution in [0.3, 0.4) is 0 Å². The predicted molar refractivity (Wildman–Crippen MR) is 146 cm³/mol. The third-order valence-corrected chi connectivity index (χ3v) is 7.32. The SMILES string of the molecule is O=C(O)C[C@H](c1cncc(N2CCCC2=O)c1)n1ncc2cc(OCCc3ccc4c(n3)NCCC4)ccc21. The van der Waals surface area contributed by atoms with Crippen molar-refractivity contribution in [2.45, 2.75) is 44.6 Å². The van der Waals surface area contributed by atoms with E-state index in [0.29, 0.717) is 43.0 Å². The summed E-state index contributed by atoms with van der Waals surface area (Å²) in [4.78, 5) is 34.8. The number of aliphatic carboxylic acids is 1. The summed E-state index contributed by atoms with van der Waals surface area (Å²) in [5.74, 6) is 0.803. The van der Waals surface area contributed by atoms with Crippen LogP contribution in [0.4, 0.5) is 11.5 Å². The Labute approximate surface area is 225 Å². The maximum Gasteiger partial charge on any atom is 0.305 e. The zero-order valence-electron chi connectivity index (χ0n) is 21.5. The van der Waals surface area contributed by atoms with Gasteiger partial charge in [0.25, 0.3) is 0 Å². The fraction of sp³-hybridized carbons (Fsp3) is 0.345. The molecule has 0 aliphatic carbocycles. The molecule has 2 aliphatic rings. The number of fused-ring (bicyclic) bond motifs is 2. The van der Waals surface area contributed by atoms with Crippen molar-refractivity contribution < 1.29 is 19.4 Å². The number of benzene rings is 1. The summed E-state index contributed by atoms with van der Waals surface area (Å²) >= 11 is 0. The van der Waals surface area contributed by atoms with Crippen LogP contribution < -0.4 is 15.0 Å². The van der Waals surface area contributed by atoms with Crippen LogP contribution >= 0.6 is 0 Å². The van der Waals surface area contributed by atoms with Crippen LogP contribution in [-0.2, 0) is 22.4 Å². The number of aryl methyl sites for hydroxylation is 1. The Hall–Kier alpha value is -4.47. The highest BCUT2D eigenvalue weighted by Crippen LogP contribution is 2.31. The molecule has 2 aliphatic heterocycles. The molecule has 200 valence electrons. The molecule has 1 atom stereocenters. The van der Waals surface area contributed by atoms with Gasteiger partial charge in [0.15, 0.2) is 0 Å². The number of carboxylic acids is 1. The summed E-state index contributed by atoms with van der Waals surface area (Å²) in [6.07, 6.45) is 9.04. The van der Waals surface area contributed by atoms with E-state index in [9.17, 15) is 14.7 Å². The molecule has 1 amide bonds. The molecular weight excluding hydrogens is 496 g/mol. The molecule has 0 radical (unpaired) electrons. The number of amides is 1. The van der Waals surface area contributed by atoms with Crippen molar-refractivity contribution in [2.24, 2.45) is 0 Å². The van der Waals surface area contributed by atoms with E-state index < -0.39 is 12.0 Å². The second-order valence-electron chi connectivity index (χ2n) is 9.99. The Morgan fingerprint density at radius 2 is 2.03 bits per heavy atom. The van der Waals surface area contributed by atoms with Crippen LogP contribution in [0.25, 0.3) is 10.9 Å². The molecule has 1 saturated heterocycles. The lowest BCUT2D eigenvalue weighted by atomic mass is 10.0. The van der Waals surface area contributed by atoms with Gasteiger partial charge in [0.2, 0.25) is 5.91 Å². The number of pyridine rings is 2. The van der Waals surface area contributed by atoms with Crippen LogP contribution in [0.2, 0.25) is 0 Å². The highest BCUT2D eigenvalue weighted by molar-refractivity contribution is 5.95. The number of carboxylic acid groups (broad SMARTS) is 1. The second kappa shape index (κ2) is 10.7. The minimum Gasteiger partial charge on any atom is -0.493 e. The zero-order chi connectivity index (χ0) is 26.8. The summed E-state index contributed by atoms with van der Waals surface area (Å²) in [5.41, 5.74) is 4.41. The molecule has 1 fully saturated rings. The third kappa shape index (κ3) is 5.27. The van der Waals surface area contributed by atoms with E-state index in [1.807, 2.05) is 24.3 Å². The Balaban J connectivity index is 1.19. The lowest BCUT2D eigenvalue weighted by molar-refractivity contribution is -0.137. The Morgan fingerprint density at radius 3 is 2.87 bits per heavy atom. The summed E-state index contributed by atoms with van der Waals surface area (Å²) in [7, 11) is 0. The molecular formula is C29H30N6O4. The molecule has 2 N–H and O–H groups in total. The zero-order valence-corrected chi connectivity index (χ0v) is 21.5. The van der Waals surface area contributed by atoms with Crippen molar-refractivity contribution in [1.82, 2.24) is 19.7 Å². The smallest absolute Gasteiger partial charge is 0.305 e. The average molecular weight is 527 g/mol. The van der Waals surface area contributed by atoms with Crippen molar-refractivity contribution in [2.75, 3.05) is 29.9 Å². The lowest BCUT2D eigenvalue weighted by Gasteiger charge is -2.20. The molecule has 10 heteroatoms. The summed E-state index contributed by atoms with van der Waals surface area (Å²) < 4.78 is 7.74. The summed E-state index contributed by atoms with van der Waals surface area (Å²) in [5, 5.41) is 18.4. The van der Waals surface area contributed by atoms with Gasteiger partial charge in [-0.25, -0.2) is 4.98 Å². The van der Waals surface area contributed by atoms with E-state index in [2.05, 4.69) is 27.5 Å². The number of carbonyl (C=O) groups excluding carboxylic acids is 1. The number of nitrogens with zero attached hydrogens (tertiary/aromatic N) is 5. The van der Waals surface area contributed by atoms with E-state index in [-0.39, 0.29) is 12.3 Å². The predicted octanol–water partition coefficient (Wildman–Crippen LogP) is 4.00. The van der Waals surface area contributed by atoms with E-state index in [4.69, 9.17) is 9.72 Å². The van der Waals surface area contributed by atoms with Crippen molar-refractivity contribution in [3.05, 3.63) is 71.8 Å². The van der Waals surface area contributed by atoms with Gasteiger partial charge in [-0.1, -0.05) is 6.07 Å². The molecule has 39 heavy (non-hydrogen) atoms. The normalized spacial score (nSPS) is 15.7. The lowest BCUT2D eigenvalue weighted by Crippen LogP contribution is -2.24. The van der Waals surface area contributed by atoms with E-state index in [1.165, 1.54) is 5.56 Å². The summed E-state index contributed by atoms with van der Waals surface area (Å²) in [6, 6.07) is 11.2. The minimum atomic E-state index is -0.947. The van der Waals surface area contributed by atoms with Crippen LogP contribution in [0.1, 0.15) is 48.5 Å². The van der Waals surface area contributed by atoms with Gasteiger partial charge < -0.3 is 20.1 Å². The van der Waals surface area contributed by atoms with Gasteiger partial charge in [-0.2, -0.15) is 5.10 Å². The molecule has 6 rings (SSSR count). The molecule has 1 aromatic carbocycles. The van der Waals surface area contributed by atoms with Crippen molar-refractivity contribution in [3.8, 4) is 5.75 Å². The largest absolute Gasteiger partial charge is 0.493 e. The number of hydrogen-bond acceptors (Lipinski definition) is 7. The topological polar surface area (TPSA) is 122 Å². The number of hydrogen-bond donors (Lipinski definition) is 2. The van der Waals surface area contributed by atoms with Gasteiger partial charge in [-0.05, 0) is 60.7 Å². The van der Waals surface area contributed by atoms with Gasteiger partial charge >= 0.3 is 5.97 Å². The minimum absolute atomic E-state index is 0.0554. The van der Waals surface area contributed by atoms with Crippen LogP contribution in [-0.4, -0.2) is 56.4 Å². The average Bonchev–Trinajstić information content (AvgIpc) is 3.57. The Bertz CT molecular complexity index is 1530. The molecule has 0 spiro atoms. The van der Waals surface area contributed by atoms with Crippen LogP contribution in [0.15, 0.2) is 55.0 Å². The van der Waals surface area contributed by atoms with Crippen molar-refractivity contribution >= 4 is 34.3 Å². The summed E-state index contributed by atoms with van der Waals surface area (Å²) in [6.45, 7) is 2.09. The fourth-order valence-corrected chi connectivity index (χ4v) is 5.36. The maximum atomic E-state index is 12.3. The quantitative estimate of drug-likeness (QED) is 0.336. The molecule has 5 heterocycles. The molecule has 0 bridgehead atoms. The van der Waals surface area contributed by atoms with Gasteiger partial charge in [-0.3, -0.25) is 19.3 Å². The van der Waals surface area contributed by atoms with E-state index in [0.717, 1.165) is 48.2 Å².